The first-order valence-electron chi connectivity index (χ1n) is 6.24. The quantitative estimate of drug-likeness (QED) is 0.842. The summed E-state index contributed by atoms with van der Waals surface area (Å²) in [6.07, 6.45) is 4.66. The molecule has 2 nitrogen and oxygen atoms in total. The van der Waals surface area contributed by atoms with Gasteiger partial charge in [-0.1, -0.05) is 24.3 Å². The molecule has 0 bridgehead atoms. The van der Waals surface area contributed by atoms with Crippen molar-refractivity contribution in [3.8, 4) is 0 Å². The van der Waals surface area contributed by atoms with Crippen LogP contribution in [0.5, 0.6) is 0 Å². The Balaban J connectivity index is 1.88. The first kappa shape index (κ1) is 11.6. The number of benzene rings is 1. The Hall–Kier alpha value is -0.860. The lowest BCUT2D eigenvalue weighted by molar-refractivity contribution is 0.0550. The van der Waals surface area contributed by atoms with Crippen LogP contribution in [0.1, 0.15) is 24.0 Å². The second kappa shape index (κ2) is 6.02. The van der Waals surface area contributed by atoms with Gasteiger partial charge >= 0.3 is 0 Å². The van der Waals surface area contributed by atoms with Crippen LogP contribution in [0.4, 0.5) is 0 Å². The summed E-state index contributed by atoms with van der Waals surface area (Å²) < 4.78 is 5.50. The van der Waals surface area contributed by atoms with Gasteiger partial charge in [0.1, 0.15) is 0 Å². The molecular formula is C14H21NO. The van der Waals surface area contributed by atoms with Gasteiger partial charge in [-0.3, -0.25) is 0 Å². The maximum absolute atomic E-state index is 5.53. The predicted octanol–water partition coefficient (Wildman–Crippen LogP) is 2.16. The molecule has 2 rings (SSSR count). The van der Waals surface area contributed by atoms with Gasteiger partial charge in [0.2, 0.25) is 0 Å². The summed E-state index contributed by atoms with van der Waals surface area (Å²) >= 11 is 0. The van der Waals surface area contributed by atoms with E-state index in [0.717, 1.165) is 32.6 Å². The van der Waals surface area contributed by atoms with Crippen LogP contribution < -0.4 is 5.73 Å². The fourth-order valence-electron chi connectivity index (χ4n) is 2.31. The number of hydrogen-bond acceptors (Lipinski definition) is 2. The van der Waals surface area contributed by atoms with E-state index in [-0.39, 0.29) is 0 Å². The highest BCUT2D eigenvalue weighted by molar-refractivity contribution is 5.23. The fourth-order valence-corrected chi connectivity index (χ4v) is 2.31. The molecule has 1 fully saturated rings. The summed E-state index contributed by atoms with van der Waals surface area (Å²) in [7, 11) is 0. The Bertz CT molecular complexity index is 301. The van der Waals surface area contributed by atoms with Crippen LogP contribution >= 0.6 is 0 Å². The molecular weight excluding hydrogens is 198 g/mol. The minimum atomic E-state index is 0.717. The van der Waals surface area contributed by atoms with Crippen LogP contribution in [0.3, 0.4) is 0 Å². The second-order valence-electron chi connectivity index (χ2n) is 4.64. The molecule has 2 heteroatoms. The molecule has 0 amide bonds. The highest BCUT2D eigenvalue weighted by atomic mass is 16.5. The van der Waals surface area contributed by atoms with Gasteiger partial charge in [-0.15, -0.1) is 0 Å². The largest absolute Gasteiger partial charge is 0.381 e. The van der Waals surface area contributed by atoms with Crippen molar-refractivity contribution in [3.05, 3.63) is 35.4 Å². The summed E-state index contributed by atoms with van der Waals surface area (Å²) in [5.74, 6) is 0.717. The summed E-state index contributed by atoms with van der Waals surface area (Å²) in [4.78, 5) is 0. The van der Waals surface area contributed by atoms with Crippen molar-refractivity contribution in [2.45, 2.75) is 25.7 Å². The van der Waals surface area contributed by atoms with Crippen molar-refractivity contribution in [1.82, 2.24) is 0 Å². The maximum atomic E-state index is 5.53. The van der Waals surface area contributed by atoms with Gasteiger partial charge in [-0.2, -0.15) is 0 Å². The molecule has 1 heterocycles. The van der Waals surface area contributed by atoms with Crippen molar-refractivity contribution in [2.75, 3.05) is 19.8 Å². The Morgan fingerprint density at radius 1 is 1.19 bits per heavy atom. The van der Waals surface area contributed by atoms with E-state index in [1.807, 2.05) is 0 Å². The van der Waals surface area contributed by atoms with Gasteiger partial charge in [-0.25, -0.2) is 0 Å². The number of rotatable bonds is 4. The Kier molecular flexibility index (Phi) is 4.37. The predicted molar refractivity (Wildman–Crippen MR) is 66.4 cm³/mol. The number of nitrogens with two attached hydrogens (primary N) is 1. The zero-order chi connectivity index (χ0) is 11.2. The summed E-state index contributed by atoms with van der Waals surface area (Å²) in [5, 5.41) is 0. The first-order chi connectivity index (χ1) is 7.88. The van der Waals surface area contributed by atoms with Crippen LogP contribution in [0.25, 0.3) is 0 Å². The molecule has 2 N–H and O–H groups in total. The van der Waals surface area contributed by atoms with Crippen molar-refractivity contribution < 1.29 is 4.74 Å². The van der Waals surface area contributed by atoms with Gasteiger partial charge < -0.3 is 10.5 Å². The van der Waals surface area contributed by atoms with Crippen molar-refractivity contribution in [3.63, 3.8) is 0 Å². The topological polar surface area (TPSA) is 35.2 Å². The van der Waals surface area contributed by atoms with Crippen molar-refractivity contribution in [1.29, 1.82) is 0 Å². The zero-order valence-corrected chi connectivity index (χ0v) is 9.82. The monoisotopic (exact) mass is 219 g/mol. The third kappa shape index (κ3) is 3.32. The molecule has 1 aromatic rings. The van der Waals surface area contributed by atoms with Gasteiger partial charge in [-0.05, 0) is 49.3 Å². The highest BCUT2D eigenvalue weighted by Gasteiger charge is 2.13. The van der Waals surface area contributed by atoms with Crippen molar-refractivity contribution >= 4 is 0 Å². The molecule has 1 unspecified atom stereocenters. The zero-order valence-electron chi connectivity index (χ0n) is 9.82. The average molecular weight is 219 g/mol. The van der Waals surface area contributed by atoms with Crippen LogP contribution in [-0.2, 0) is 17.6 Å². The molecule has 88 valence electrons. The molecule has 0 aliphatic carbocycles. The lowest BCUT2D eigenvalue weighted by Gasteiger charge is -2.22. The smallest absolute Gasteiger partial charge is 0.0497 e. The summed E-state index contributed by atoms with van der Waals surface area (Å²) in [6.45, 7) is 2.62. The lowest BCUT2D eigenvalue weighted by Crippen LogP contribution is -2.19. The van der Waals surface area contributed by atoms with Crippen LogP contribution in [0.15, 0.2) is 24.3 Å². The van der Waals surface area contributed by atoms with E-state index in [4.69, 9.17) is 10.5 Å². The normalized spacial score (nSPS) is 20.9. The molecule has 1 aliphatic rings. The lowest BCUT2D eigenvalue weighted by atomic mass is 9.93. The number of ether oxygens (including phenoxy) is 1. The van der Waals surface area contributed by atoms with Crippen LogP contribution in [0, 0.1) is 5.92 Å². The Morgan fingerprint density at radius 3 is 2.56 bits per heavy atom. The van der Waals surface area contributed by atoms with Crippen LogP contribution in [0.2, 0.25) is 0 Å². The SMILES string of the molecule is NCCc1ccc(CC2CCCOC2)cc1. The Morgan fingerprint density at radius 2 is 1.94 bits per heavy atom. The van der Waals surface area contributed by atoms with Gasteiger partial charge in [0.25, 0.3) is 0 Å². The molecule has 0 aromatic heterocycles. The van der Waals surface area contributed by atoms with E-state index < -0.39 is 0 Å². The molecule has 0 radical (unpaired) electrons. The van der Waals surface area contributed by atoms with E-state index in [0.29, 0.717) is 5.92 Å². The van der Waals surface area contributed by atoms with E-state index >= 15 is 0 Å². The third-order valence-electron chi connectivity index (χ3n) is 3.23. The molecule has 1 saturated heterocycles. The molecule has 1 aromatic carbocycles. The van der Waals surface area contributed by atoms with E-state index in [2.05, 4.69) is 24.3 Å². The summed E-state index contributed by atoms with van der Waals surface area (Å²) in [5.41, 5.74) is 8.30. The minimum Gasteiger partial charge on any atom is -0.381 e. The first-order valence-corrected chi connectivity index (χ1v) is 6.24. The van der Waals surface area contributed by atoms with E-state index in [1.54, 1.807) is 0 Å². The van der Waals surface area contributed by atoms with Crippen LogP contribution in [-0.4, -0.2) is 19.8 Å². The fraction of sp³-hybridized carbons (Fsp3) is 0.571. The van der Waals surface area contributed by atoms with E-state index in [1.165, 1.54) is 24.0 Å². The second-order valence-corrected chi connectivity index (χ2v) is 4.64. The van der Waals surface area contributed by atoms with E-state index in [9.17, 15) is 0 Å². The molecule has 0 saturated carbocycles. The maximum Gasteiger partial charge on any atom is 0.0497 e. The summed E-state index contributed by atoms with van der Waals surface area (Å²) in [6, 6.07) is 8.87. The average Bonchev–Trinajstić information content (AvgIpc) is 2.33. The minimum absolute atomic E-state index is 0.717. The molecule has 16 heavy (non-hydrogen) atoms. The van der Waals surface area contributed by atoms with Gasteiger partial charge in [0, 0.05) is 13.2 Å². The van der Waals surface area contributed by atoms with Gasteiger partial charge in [0.05, 0.1) is 0 Å². The molecule has 1 atom stereocenters. The van der Waals surface area contributed by atoms with Gasteiger partial charge in [0.15, 0.2) is 0 Å². The highest BCUT2D eigenvalue weighted by Crippen LogP contribution is 2.19. The molecule has 1 aliphatic heterocycles. The number of hydrogen-bond donors (Lipinski definition) is 1. The Labute approximate surface area is 97.8 Å². The third-order valence-corrected chi connectivity index (χ3v) is 3.23. The van der Waals surface area contributed by atoms with Crippen molar-refractivity contribution in [2.24, 2.45) is 11.7 Å². The standard InChI is InChI=1S/C14H21NO/c15-8-7-12-3-5-13(6-4-12)10-14-2-1-9-16-11-14/h3-6,14H,1-2,7-11,15H2. The molecule has 0 spiro atoms.